The van der Waals surface area contributed by atoms with Gasteiger partial charge in [-0.15, -0.1) is 0 Å². The molecular formula is C20H18Zr. The van der Waals surface area contributed by atoms with Crippen LogP contribution in [0.4, 0.5) is 0 Å². The molecule has 21 heavy (non-hydrogen) atoms. The first-order valence-electron chi connectivity index (χ1n) is 9.90. The molecule has 1 heteroatoms. The van der Waals surface area contributed by atoms with Crippen LogP contribution in [0.1, 0.15) is 12.8 Å². The van der Waals surface area contributed by atoms with Gasteiger partial charge in [0.15, 0.2) is 0 Å². The van der Waals surface area contributed by atoms with Crippen LogP contribution in [0.25, 0.3) is 0 Å². The number of rotatable bonds is 2. The molecule has 2 aliphatic carbocycles. The molecular weight excluding hydrogens is 331 g/mol. The van der Waals surface area contributed by atoms with Crippen molar-refractivity contribution < 1.29 is 11.4 Å². The summed E-state index contributed by atoms with van der Waals surface area (Å²) in [5, 5.41) is 0. The van der Waals surface area contributed by atoms with E-state index in [0.29, 0.717) is 0 Å². The Hall–Kier alpha value is -0.157. The molecule has 0 N–H and O–H groups in total. The maximum atomic E-state index is 2.64. The van der Waals surface area contributed by atoms with Gasteiger partial charge in [-0.1, -0.05) is 0 Å². The first-order valence-corrected chi connectivity index (χ1v) is 23.7. The van der Waals surface area contributed by atoms with Gasteiger partial charge in [-0.05, 0) is 0 Å². The minimum absolute atomic E-state index is 0.958. The van der Waals surface area contributed by atoms with Gasteiger partial charge in [-0.25, -0.2) is 0 Å². The van der Waals surface area contributed by atoms with Gasteiger partial charge in [0.2, 0.25) is 0 Å². The number of hydrogen-bond donors (Lipinski definition) is 0. The van der Waals surface area contributed by atoms with Crippen LogP contribution in [0.2, 0.25) is 35.3 Å². The quantitative estimate of drug-likeness (QED) is 0.583. The van der Waals surface area contributed by atoms with Crippen molar-refractivity contribution in [3.8, 4) is 0 Å². The molecule has 1 spiro atoms. The van der Waals surface area contributed by atoms with E-state index in [4.69, 9.17) is 0 Å². The molecule has 0 nitrogen and oxygen atoms in total. The average molecular weight is 350 g/mol. The molecule has 0 radical (unpaired) electrons. The first kappa shape index (κ1) is 8.09. The molecule has 0 aromatic heterocycles. The Bertz CT molecular complexity index is 1220. The zero-order chi connectivity index (χ0) is 12.7. The summed E-state index contributed by atoms with van der Waals surface area (Å²) < 4.78 is 13.5. The molecule has 0 aromatic rings. The van der Waals surface area contributed by atoms with E-state index in [9.17, 15) is 0 Å². The van der Waals surface area contributed by atoms with Crippen molar-refractivity contribution in [1.82, 2.24) is 0 Å². The summed E-state index contributed by atoms with van der Waals surface area (Å²) in [7, 11) is 0. The predicted molar refractivity (Wildman–Crippen MR) is 79.1 cm³/mol. The Kier molecular flexibility index (Phi) is 0.302. The summed E-state index contributed by atoms with van der Waals surface area (Å²) in [5.41, 5.74) is 4.05. The third-order valence-electron chi connectivity index (χ3n) is 23.0. The van der Waals surface area contributed by atoms with E-state index in [1.807, 2.05) is 11.1 Å². The monoisotopic (exact) mass is 348 g/mol. The van der Waals surface area contributed by atoms with E-state index in [2.05, 4.69) is 36.5 Å². The van der Waals surface area contributed by atoms with E-state index >= 15 is 0 Å². The van der Waals surface area contributed by atoms with Crippen molar-refractivity contribution in [3.05, 3.63) is 47.6 Å². The summed E-state index contributed by atoms with van der Waals surface area (Å²) in [5.74, 6) is 0. The van der Waals surface area contributed by atoms with Gasteiger partial charge in [0.25, 0.3) is 0 Å². The third-order valence-corrected chi connectivity index (χ3v) is 118. The standard InChI is InChI=1S/C15H13.C5H5.Zr/c1-2-7-12(6-1)14-10-5-11-15(14)13-8-3-4-9-13;1-2-4-5-3-1;/h1-6,8,10-11H,7,9H2;1-5H;. The number of fused-ring (bicyclic) bond motifs is 10. The van der Waals surface area contributed by atoms with Gasteiger partial charge < -0.3 is 0 Å². The van der Waals surface area contributed by atoms with Gasteiger partial charge in [0, 0.05) is 0 Å². The molecule has 10 saturated heterocycles. The van der Waals surface area contributed by atoms with Crippen molar-refractivity contribution in [2.45, 2.75) is 48.1 Å². The molecule has 12 aliphatic rings. The zero-order valence-corrected chi connectivity index (χ0v) is 14.5. The Balaban J connectivity index is 1.48. The maximum absolute atomic E-state index is 3.74. The van der Waals surface area contributed by atoms with Crippen LogP contribution in [0.3, 0.4) is 0 Å². The van der Waals surface area contributed by atoms with Crippen molar-refractivity contribution in [2.24, 2.45) is 0 Å². The van der Waals surface area contributed by atoms with Crippen LogP contribution < -0.4 is 0 Å². The first-order chi connectivity index (χ1) is 10.1. The van der Waals surface area contributed by atoms with E-state index in [-0.39, 0.29) is 0 Å². The van der Waals surface area contributed by atoms with Gasteiger partial charge >= 0.3 is 107 Å². The summed E-state index contributed by atoms with van der Waals surface area (Å²) in [6, 6.07) is 0. The van der Waals surface area contributed by atoms with E-state index in [1.54, 1.807) is 0 Å². The summed E-state index contributed by atoms with van der Waals surface area (Å²) in [6.07, 6.45) is 17.8. The molecule has 0 bridgehead atoms. The Morgan fingerprint density at radius 2 is 1.19 bits per heavy atom. The predicted octanol–water partition coefficient (Wildman–Crippen LogP) is 5.89. The normalized spacial score (nSPS) is 108. The van der Waals surface area contributed by atoms with Crippen LogP contribution in [-0.2, 0) is 11.4 Å². The molecule has 4 atom stereocenters. The topological polar surface area (TPSA) is 0 Å². The molecule has 10 heterocycles. The van der Waals surface area contributed by atoms with Gasteiger partial charge in [0.1, 0.15) is 0 Å². The van der Waals surface area contributed by atoms with Crippen molar-refractivity contribution >= 4 is 0 Å². The molecule has 10 fully saturated rings. The summed E-state index contributed by atoms with van der Waals surface area (Å²) in [4.78, 5) is 0. The fraction of sp³-hybridized carbons (Fsp3) is 0.600. The van der Waals surface area contributed by atoms with Gasteiger partial charge in [-0.2, -0.15) is 0 Å². The second-order valence-corrected chi connectivity index (χ2v) is 67.2. The van der Waals surface area contributed by atoms with Gasteiger partial charge in [-0.3, -0.25) is 0 Å². The van der Waals surface area contributed by atoms with E-state index in [0.717, 1.165) is 6.25 Å². The molecule has 4 unspecified atom stereocenters. The van der Waals surface area contributed by atoms with Crippen LogP contribution in [0, 0.1) is 0 Å². The fourth-order valence-electron chi connectivity index (χ4n) is 28.0. The molecule has 0 amide bonds. The van der Waals surface area contributed by atoms with Crippen LogP contribution in [-0.4, -0.2) is 0 Å². The van der Waals surface area contributed by atoms with E-state index in [1.165, 1.54) is 41.8 Å². The van der Waals surface area contributed by atoms with Crippen LogP contribution in [0.15, 0.2) is 47.6 Å². The molecule has 10 aliphatic heterocycles. The molecule has 0 saturated carbocycles. The Morgan fingerprint density at radius 1 is 0.714 bits per heavy atom. The van der Waals surface area contributed by atoms with Crippen molar-refractivity contribution in [3.63, 3.8) is 0 Å². The van der Waals surface area contributed by atoms with Crippen LogP contribution in [0.5, 0.6) is 0 Å². The number of hydrogen-bond acceptors (Lipinski definition) is 0. The molecule has 0 aromatic carbocycles. The zero-order valence-electron chi connectivity index (χ0n) is 12.0. The van der Waals surface area contributed by atoms with Crippen molar-refractivity contribution in [1.29, 1.82) is 0 Å². The Morgan fingerprint density at radius 3 is 1.48 bits per heavy atom. The minimum atomic E-state index is -3.74. The number of allylic oxidation sites excluding steroid dienone is 8. The second-order valence-electron chi connectivity index (χ2n) is 15.5. The van der Waals surface area contributed by atoms with Crippen LogP contribution >= 0.6 is 0 Å². The molecule has 12 rings (SSSR count). The Labute approximate surface area is 106 Å². The summed E-state index contributed by atoms with van der Waals surface area (Å²) in [6.45, 7) is 0. The molecule has 102 valence electrons. The average Bonchev–Trinajstić information content (AvgIpc) is 3.40. The SMILES string of the molecule is C1=CCC([C]23[CH]4[CH]5[CH]6[C]2(C2=CC=CC2)[Zr]54632789[CH]3[CH]2[CH]7[CH]8[CH]39)=C1. The fourth-order valence-corrected chi connectivity index (χ4v) is 256. The third kappa shape index (κ3) is 0.0988. The van der Waals surface area contributed by atoms with Crippen molar-refractivity contribution in [2.75, 3.05) is 0 Å². The van der Waals surface area contributed by atoms with E-state index < -0.39 is 11.4 Å². The second kappa shape index (κ2) is 0.783. The summed E-state index contributed by atoms with van der Waals surface area (Å²) >= 11 is -3.74. The van der Waals surface area contributed by atoms with Gasteiger partial charge in [0.05, 0.1) is 0 Å².